The van der Waals surface area contributed by atoms with Crippen molar-refractivity contribution in [2.75, 3.05) is 6.61 Å². The van der Waals surface area contributed by atoms with Crippen molar-refractivity contribution < 1.29 is 33.0 Å². The number of hydrogen-bond acceptors (Lipinski definition) is 7. The molecule has 1 aliphatic heterocycles. The standard InChI is InChI=1S/C24H24ClF2N3O5/c1-22(26,27)21-28-7-14(8-29-21)34-9-20(33)30-24-10-23(11-24,12-24)6-17(32)19-5-16(31)15-4-13(25)2-3-18(15)35-19/h2-4,7-8,16,19,31H,5-6,9-12H2,1H3,(H,30,33)/t16-,19-,23?,24?/m1/s1. The van der Waals surface area contributed by atoms with Crippen molar-refractivity contribution in [3.05, 3.63) is 47.0 Å². The average molecular weight is 508 g/mol. The third-order valence-electron chi connectivity index (χ3n) is 6.88. The second-order valence-electron chi connectivity index (χ2n) is 9.96. The lowest BCUT2D eigenvalue weighted by atomic mass is 9.38. The Morgan fingerprint density at radius 3 is 2.63 bits per heavy atom. The van der Waals surface area contributed by atoms with Gasteiger partial charge in [-0.2, -0.15) is 8.78 Å². The number of ether oxygens (including phenoxy) is 2. The molecule has 1 aromatic carbocycles. The lowest BCUT2D eigenvalue weighted by Gasteiger charge is -2.70. The lowest BCUT2D eigenvalue weighted by Crippen LogP contribution is -2.75. The maximum Gasteiger partial charge on any atom is 0.303 e. The quantitative estimate of drug-likeness (QED) is 0.562. The molecule has 0 radical (unpaired) electrons. The van der Waals surface area contributed by atoms with Gasteiger partial charge < -0.3 is 19.9 Å². The van der Waals surface area contributed by atoms with Crippen LogP contribution in [0.5, 0.6) is 11.5 Å². The number of carbonyl (C=O) groups is 2. The lowest BCUT2D eigenvalue weighted by molar-refractivity contribution is -0.175. The molecule has 2 aromatic rings. The topological polar surface area (TPSA) is 111 Å². The molecule has 35 heavy (non-hydrogen) atoms. The Morgan fingerprint density at radius 1 is 1.29 bits per heavy atom. The smallest absolute Gasteiger partial charge is 0.303 e. The molecule has 4 aliphatic rings. The van der Waals surface area contributed by atoms with Crippen LogP contribution in [-0.2, 0) is 15.5 Å². The van der Waals surface area contributed by atoms with E-state index in [0.717, 1.165) is 12.4 Å². The second kappa shape index (κ2) is 8.37. The number of aliphatic hydroxyl groups is 1. The number of benzene rings is 1. The summed E-state index contributed by atoms with van der Waals surface area (Å²) < 4.78 is 37.5. The minimum Gasteiger partial charge on any atom is -0.482 e. The summed E-state index contributed by atoms with van der Waals surface area (Å²) in [5, 5.41) is 13.9. The van der Waals surface area contributed by atoms with E-state index < -0.39 is 24.0 Å². The van der Waals surface area contributed by atoms with Crippen LogP contribution in [0, 0.1) is 5.41 Å². The molecule has 3 fully saturated rings. The number of alkyl halides is 2. The van der Waals surface area contributed by atoms with Gasteiger partial charge in [0.1, 0.15) is 5.75 Å². The summed E-state index contributed by atoms with van der Waals surface area (Å²) in [6, 6.07) is 4.96. The fourth-order valence-corrected chi connectivity index (χ4v) is 5.70. The summed E-state index contributed by atoms with van der Waals surface area (Å²) in [7, 11) is 0. The summed E-state index contributed by atoms with van der Waals surface area (Å²) >= 11 is 5.98. The zero-order valence-corrected chi connectivity index (χ0v) is 19.6. The van der Waals surface area contributed by atoms with Crippen LogP contribution in [0.4, 0.5) is 8.78 Å². The van der Waals surface area contributed by atoms with E-state index in [1.54, 1.807) is 18.2 Å². The predicted octanol–water partition coefficient (Wildman–Crippen LogP) is 3.50. The van der Waals surface area contributed by atoms with Gasteiger partial charge in [-0.05, 0) is 42.9 Å². The van der Waals surface area contributed by atoms with Gasteiger partial charge in [-0.3, -0.25) is 9.59 Å². The molecule has 2 atom stereocenters. The number of aliphatic hydroxyl groups excluding tert-OH is 1. The molecule has 8 nitrogen and oxygen atoms in total. The van der Waals surface area contributed by atoms with Gasteiger partial charge in [0.05, 0.1) is 18.5 Å². The number of ketones is 1. The Hall–Kier alpha value is -2.85. The van der Waals surface area contributed by atoms with Crippen molar-refractivity contribution in [1.29, 1.82) is 0 Å². The Balaban J connectivity index is 1.08. The first-order chi connectivity index (χ1) is 16.5. The van der Waals surface area contributed by atoms with Gasteiger partial charge >= 0.3 is 5.92 Å². The van der Waals surface area contributed by atoms with Crippen LogP contribution in [0.3, 0.4) is 0 Å². The molecule has 2 bridgehead atoms. The van der Waals surface area contributed by atoms with Crippen LogP contribution < -0.4 is 14.8 Å². The molecule has 1 aromatic heterocycles. The molecule has 3 aliphatic carbocycles. The number of hydrogen-bond donors (Lipinski definition) is 2. The molecule has 0 spiro atoms. The van der Waals surface area contributed by atoms with Crippen LogP contribution >= 0.6 is 11.6 Å². The minimum atomic E-state index is -3.15. The fourth-order valence-electron chi connectivity index (χ4n) is 5.52. The molecule has 0 saturated heterocycles. The molecule has 11 heteroatoms. The minimum absolute atomic E-state index is 0.0614. The first kappa shape index (κ1) is 23.9. The Kier molecular flexibility index (Phi) is 5.71. The number of rotatable bonds is 8. The normalized spacial score (nSPS) is 28.6. The van der Waals surface area contributed by atoms with Crippen molar-refractivity contribution in [2.24, 2.45) is 5.41 Å². The van der Waals surface area contributed by atoms with Crippen molar-refractivity contribution >= 4 is 23.3 Å². The summed E-state index contributed by atoms with van der Waals surface area (Å²) in [6.45, 7) is 0.400. The highest BCUT2D eigenvalue weighted by Gasteiger charge is 2.68. The predicted molar refractivity (Wildman–Crippen MR) is 119 cm³/mol. The monoisotopic (exact) mass is 507 g/mol. The number of carbonyl (C=O) groups excluding carboxylic acids is 2. The number of nitrogens with zero attached hydrogens (tertiary/aromatic N) is 2. The highest BCUT2D eigenvalue weighted by atomic mass is 35.5. The number of nitrogens with one attached hydrogen (secondary N) is 1. The summed E-state index contributed by atoms with van der Waals surface area (Å²) in [5.74, 6) is -3.59. The maximum absolute atomic E-state index is 13.2. The number of fused-ring (bicyclic) bond motifs is 1. The molecule has 0 unspecified atom stereocenters. The highest BCUT2D eigenvalue weighted by molar-refractivity contribution is 6.30. The summed E-state index contributed by atoms with van der Waals surface area (Å²) in [6.07, 6.45) is 3.23. The van der Waals surface area contributed by atoms with Crippen LogP contribution in [0.25, 0.3) is 0 Å². The van der Waals surface area contributed by atoms with E-state index in [9.17, 15) is 23.5 Å². The van der Waals surface area contributed by atoms with Gasteiger partial charge in [0.2, 0.25) is 0 Å². The van der Waals surface area contributed by atoms with E-state index in [1.165, 1.54) is 0 Å². The molecule has 2 N–H and O–H groups in total. The van der Waals surface area contributed by atoms with Gasteiger partial charge in [0.25, 0.3) is 5.91 Å². The first-order valence-corrected chi connectivity index (χ1v) is 11.6. The van der Waals surface area contributed by atoms with E-state index in [-0.39, 0.29) is 41.4 Å². The first-order valence-electron chi connectivity index (χ1n) is 11.3. The largest absolute Gasteiger partial charge is 0.482 e. The highest BCUT2D eigenvalue weighted by Crippen LogP contribution is 2.69. The third kappa shape index (κ3) is 4.69. The van der Waals surface area contributed by atoms with Crippen LogP contribution in [-0.4, -0.2) is 45.0 Å². The SMILES string of the molecule is CC(F)(F)c1ncc(OCC(=O)NC23CC(CC(=O)[C@H]4C[C@@H](O)c5cc(Cl)ccc5O4)(C2)C3)cn1. The Bertz CT molecular complexity index is 1150. The summed E-state index contributed by atoms with van der Waals surface area (Å²) in [5.41, 5.74) is 0.0815. The average Bonchev–Trinajstić information content (AvgIpc) is 2.75. The molecule has 6 rings (SSSR count). The molecule has 2 heterocycles. The molecular weight excluding hydrogens is 484 g/mol. The third-order valence-corrected chi connectivity index (χ3v) is 7.12. The van der Waals surface area contributed by atoms with E-state index in [0.29, 0.717) is 48.9 Å². The number of Topliss-reactive ketones (excluding diaryl/α,β-unsaturated/α-hetero) is 1. The van der Waals surface area contributed by atoms with Crippen LogP contribution in [0.1, 0.15) is 56.5 Å². The van der Waals surface area contributed by atoms with E-state index in [4.69, 9.17) is 21.1 Å². The summed E-state index contributed by atoms with van der Waals surface area (Å²) in [4.78, 5) is 32.3. The van der Waals surface area contributed by atoms with Crippen molar-refractivity contribution in [3.8, 4) is 11.5 Å². The van der Waals surface area contributed by atoms with Gasteiger partial charge in [0.15, 0.2) is 30.1 Å². The van der Waals surface area contributed by atoms with Crippen molar-refractivity contribution in [3.63, 3.8) is 0 Å². The van der Waals surface area contributed by atoms with Crippen molar-refractivity contribution in [2.45, 2.75) is 62.7 Å². The zero-order chi connectivity index (χ0) is 25.0. The molecular formula is C24H24ClF2N3O5. The molecule has 1 amide bonds. The van der Waals surface area contributed by atoms with Crippen LogP contribution in [0.15, 0.2) is 30.6 Å². The Labute approximate surface area is 205 Å². The van der Waals surface area contributed by atoms with E-state index >= 15 is 0 Å². The molecule has 186 valence electrons. The molecule has 3 saturated carbocycles. The zero-order valence-electron chi connectivity index (χ0n) is 18.9. The van der Waals surface area contributed by atoms with Crippen LogP contribution in [0.2, 0.25) is 5.02 Å². The Morgan fingerprint density at radius 2 is 1.97 bits per heavy atom. The number of amides is 1. The number of aromatic nitrogens is 2. The maximum atomic E-state index is 13.2. The van der Waals surface area contributed by atoms with Gasteiger partial charge in [0, 0.05) is 35.9 Å². The van der Waals surface area contributed by atoms with E-state index in [1.807, 2.05) is 0 Å². The fraction of sp³-hybridized carbons (Fsp3) is 0.500. The van der Waals surface area contributed by atoms with Gasteiger partial charge in [-0.1, -0.05) is 11.6 Å². The van der Waals surface area contributed by atoms with E-state index in [2.05, 4.69) is 15.3 Å². The number of halogens is 3. The van der Waals surface area contributed by atoms with Gasteiger partial charge in [-0.15, -0.1) is 0 Å². The second-order valence-corrected chi connectivity index (χ2v) is 10.4. The van der Waals surface area contributed by atoms with Crippen molar-refractivity contribution in [1.82, 2.24) is 15.3 Å². The van der Waals surface area contributed by atoms with Gasteiger partial charge in [-0.25, -0.2) is 9.97 Å².